The van der Waals surface area contributed by atoms with Crippen LogP contribution in [0.1, 0.15) is 23.2 Å². The van der Waals surface area contributed by atoms with Gasteiger partial charge in [0.05, 0.1) is 0 Å². The standard InChI is InChI=1S/C12H13FN2O2/c13-9-4-1-3-8(7-9)11(16)15-10-5-2-6-14-12(10)17/h1,3-4,7,10H,2,5-6H2,(H,14,17)(H,15,16). The zero-order valence-corrected chi connectivity index (χ0v) is 9.20. The number of hydrogen-bond donors (Lipinski definition) is 2. The lowest BCUT2D eigenvalue weighted by Crippen LogP contribution is -2.50. The van der Waals surface area contributed by atoms with Gasteiger partial charge in [0.1, 0.15) is 11.9 Å². The Kier molecular flexibility index (Phi) is 3.37. The Morgan fingerprint density at radius 1 is 1.47 bits per heavy atom. The van der Waals surface area contributed by atoms with E-state index in [0.717, 1.165) is 12.5 Å². The highest BCUT2D eigenvalue weighted by Gasteiger charge is 2.23. The Morgan fingerprint density at radius 3 is 3.00 bits per heavy atom. The molecule has 90 valence electrons. The van der Waals surface area contributed by atoms with Crippen molar-refractivity contribution in [2.45, 2.75) is 18.9 Å². The van der Waals surface area contributed by atoms with Crippen LogP contribution >= 0.6 is 0 Å². The van der Waals surface area contributed by atoms with E-state index in [-0.39, 0.29) is 11.5 Å². The molecule has 1 aliphatic heterocycles. The van der Waals surface area contributed by atoms with E-state index in [1.807, 2.05) is 0 Å². The molecule has 17 heavy (non-hydrogen) atoms. The summed E-state index contributed by atoms with van der Waals surface area (Å²) in [6.45, 7) is 0.644. The van der Waals surface area contributed by atoms with Crippen LogP contribution in [-0.2, 0) is 4.79 Å². The quantitative estimate of drug-likeness (QED) is 0.799. The van der Waals surface area contributed by atoms with Crippen LogP contribution in [0.5, 0.6) is 0 Å². The summed E-state index contributed by atoms with van der Waals surface area (Å²) in [6.07, 6.45) is 1.45. The third-order valence-corrected chi connectivity index (χ3v) is 2.68. The van der Waals surface area contributed by atoms with Gasteiger partial charge in [0.25, 0.3) is 5.91 Å². The molecule has 1 aromatic carbocycles. The molecule has 1 fully saturated rings. The van der Waals surface area contributed by atoms with Gasteiger partial charge < -0.3 is 10.6 Å². The maximum atomic E-state index is 12.9. The number of piperidine rings is 1. The lowest BCUT2D eigenvalue weighted by atomic mass is 10.1. The highest BCUT2D eigenvalue weighted by atomic mass is 19.1. The van der Waals surface area contributed by atoms with Crippen LogP contribution < -0.4 is 10.6 Å². The second kappa shape index (κ2) is 4.95. The van der Waals surface area contributed by atoms with Crippen LogP contribution in [-0.4, -0.2) is 24.4 Å². The highest BCUT2D eigenvalue weighted by Crippen LogP contribution is 2.07. The number of nitrogens with one attached hydrogen (secondary N) is 2. The first kappa shape index (κ1) is 11.6. The van der Waals surface area contributed by atoms with Crippen molar-refractivity contribution in [3.8, 4) is 0 Å². The van der Waals surface area contributed by atoms with Crippen molar-refractivity contribution in [3.05, 3.63) is 35.6 Å². The van der Waals surface area contributed by atoms with Crippen LogP contribution in [0.25, 0.3) is 0 Å². The zero-order valence-electron chi connectivity index (χ0n) is 9.20. The van der Waals surface area contributed by atoms with E-state index in [2.05, 4.69) is 10.6 Å². The number of benzene rings is 1. The second-order valence-electron chi connectivity index (χ2n) is 3.97. The molecule has 2 amide bonds. The van der Waals surface area contributed by atoms with E-state index in [1.54, 1.807) is 0 Å². The number of carbonyl (C=O) groups is 2. The number of rotatable bonds is 2. The summed E-state index contributed by atoms with van der Waals surface area (Å²) in [5, 5.41) is 5.27. The van der Waals surface area contributed by atoms with E-state index in [4.69, 9.17) is 0 Å². The Balaban J connectivity index is 2.03. The average molecular weight is 236 g/mol. The summed E-state index contributed by atoms with van der Waals surface area (Å²) in [5.74, 6) is -1.07. The molecule has 1 unspecified atom stereocenters. The molecule has 2 rings (SSSR count). The first-order valence-corrected chi connectivity index (χ1v) is 5.51. The third-order valence-electron chi connectivity index (χ3n) is 2.68. The molecule has 0 aromatic heterocycles. The number of halogens is 1. The molecule has 1 saturated heterocycles. The molecule has 0 saturated carbocycles. The van der Waals surface area contributed by atoms with E-state index < -0.39 is 17.8 Å². The van der Waals surface area contributed by atoms with Gasteiger partial charge in [-0.15, -0.1) is 0 Å². The zero-order chi connectivity index (χ0) is 12.3. The SMILES string of the molecule is O=C(NC1CCCNC1=O)c1cccc(F)c1. The van der Waals surface area contributed by atoms with Crippen LogP contribution in [0.2, 0.25) is 0 Å². The summed E-state index contributed by atoms with van der Waals surface area (Å²) in [4.78, 5) is 23.2. The monoisotopic (exact) mass is 236 g/mol. The molecule has 1 aliphatic rings. The van der Waals surface area contributed by atoms with E-state index in [1.165, 1.54) is 18.2 Å². The van der Waals surface area contributed by atoms with Crippen molar-refractivity contribution >= 4 is 11.8 Å². The Labute approximate surface area is 98.2 Å². The minimum Gasteiger partial charge on any atom is -0.354 e. The lowest BCUT2D eigenvalue weighted by molar-refractivity contribution is -0.124. The molecule has 4 nitrogen and oxygen atoms in total. The van der Waals surface area contributed by atoms with E-state index >= 15 is 0 Å². The Morgan fingerprint density at radius 2 is 2.29 bits per heavy atom. The lowest BCUT2D eigenvalue weighted by Gasteiger charge is -2.22. The third kappa shape index (κ3) is 2.81. The van der Waals surface area contributed by atoms with Gasteiger partial charge in [-0.3, -0.25) is 9.59 Å². The fourth-order valence-electron chi connectivity index (χ4n) is 1.78. The van der Waals surface area contributed by atoms with Crippen molar-refractivity contribution in [1.29, 1.82) is 0 Å². The van der Waals surface area contributed by atoms with Gasteiger partial charge in [-0.05, 0) is 31.0 Å². The number of hydrogen-bond acceptors (Lipinski definition) is 2. The highest BCUT2D eigenvalue weighted by molar-refractivity contribution is 5.97. The molecular formula is C12H13FN2O2. The van der Waals surface area contributed by atoms with Gasteiger partial charge in [0, 0.05) is 12.1 Å². The molecule has 0 aliphatic carbocycles. The minimum atomic E-state index is -0.514. The van der Waals surface area contributed by atoms with Crippen LogP contribution in [0.15, 0.2) is 24.3 Å². The second-order valence-corrected chi connectivity index (χ2v) is 3.97. The van der Waals surface area contributed by atoms with Gasteiger partial charge >= 0.3 is 0 Å². The summed E-state index contributed by atoms with van der Waals surface area (Å²) in [5.41, 5.74) is 0.225. The molecule has 1 atom stereocenters. The minimum absolute atomic E-state index is 0.180. The molecule has 0 bridgehead atoms. The molecule has 1 aromatic rings. The van der Waals surface area contributed by atoms with E-state index in [0.29, 0.717) is 13.0 Å². The van der Waals surface area contributed by atoms with Crippen LogP contribution in [0.4, 0.5) is 4.39 Å². The van der Waals surface area contributed by atoms with Gasteiger partial charge in [-0.2, -0.15) is 0 Å². The molecular weight excluding hydrogens is 223 g/mol. The number of carbonyl (C=O) groups excluding carboxylic acids is 2. The van der Waals surface area contributed by atoms with Crippen molar-refractivity contribution in [2.75, 3.05) is 6.54 Å². The summed E-state index contributed by atoms with van der Waals surface area (Å²) in [7, 11) is 0. The molecule has 0 radical (unpaired) electrons. The number of amides is 2. The maximum absolute atomic E-state index is 12.9. The fraction of sp³-hybridized carbons (Fsp3) is 0.333. The van der Waals surface area contributed by atoms with Gasteiger partial charge in [0.15, 0.2) is 0 Å². The average Bonchev–Trinajstić information content (AvgIpc) is 2.32. The first-order chi connectivity index (χ1) is 8.16. The first-order valence-electron chi connectivity index (χ1n) is 5.51. The molecule has 1 heterocycles. The molecule has 5 heteroatoms. The summed E-state index contributed by atoms with van der Waals surface area (Å²) in [6, 6.07) is 4.88. The largest absolute Gasteiger partial charge is 0.354 e. The summed E-state index contributed by atoms with van der Waals surface area (Å²) < 4.78 is 12.9. The molecule has 2 N–H and O–H groups in total. The Hall–Kier alpha value is -1.91. The van der Waals surface area contributed by atoms with E-state index in [9.17, 15) is 14.0 Å². The van der Waals surface area contributed by atoms with Gasteiger partial charge in [-0.25, -0.2) is 4.39 Å². The van der Waals surface area contributed by atoms with Crippen molar-refractivity contribution in [1.82, 2.24) is 10.6 Å². The van der Waals surface area contributed by atoms with Gasteiger partial charge in [0.2, 0.25) is 5.91 Å². The predicted octanol–water partition coefficient (Wildman–Crippen LogP) is 0.834. The molecule has 0 spiro atoms. The topological polar surface area (TPSA) is 58.2 Å². The summed E-state index contributed by atoms with van der Waals surface area (Å²) >= 11 is 0. The van der Waals surface area contributed by atoms with Gasteiger partial charge in [-0.1, -0.05) is 6.07 Å². The maximum Gasteiger partial charge on any atom is 0.252 e. The van der Waals surface area contributed by atoms with Crippen LogP contribution in [0.3, 0.4) is 0 Å². The normalized spacial score (nSPS) is 19.6. The fourth-order valence-corrected chi connectivity index (χ4v) is 1.78. The Bertz CT molecular complexity index is 448. The van der Waals surface area contributed by atoms with Crippen molar-refractivity contribution < 1.29 is 14.0 Å². The van der Waals surface area contributed by atoms with Crippen molar-refractivity contribution in [2.24, 2.45) is 0 Å². The smallest absolute Gasteiger partial charge is 0.252 e. The van der Waals surface area contributed by atoms with Crippen LogP contribution in [0, 0.1) is 5.82 Å². The van der Waals surface area contributed by atoms with Crippen molar-refractivity contribution in [3.63, 3.8) is 0 Å². The predicted molar refractivity (Wildman–Crippen MR) is 59.9 cm³/mol.